The third-order valence-corrected chi connectivity index (χ3v) is 3.48. The minimum Gasteiger partial charge on any atom is -0.359 e. The molecular formula is C11H22O2. The molecule has 0 aromatic carbocycles. The predicted molar refractivity (Wildman–Crippen MR) is 53.5 cm³/mol. The van der Waals surface area contributed by atoms with Crippen LogP contribution in [-0.2, 0) is 9.47 Å². The fraction of sp³-hybridized carbons (Fsp3) is 1.00. The highest BCUT2D eigenvalue weighted by atomic mass is 16.7. The van der Waals surface area contributed by atoms with Crippen molar-refractivity contribution in [2.75, 3.05) is 13.9 Å². The first-order valence-electron chi connectivity index (χ1n) is 5.17. The first-order valence-corrected chi connectivity index (χ1v) is 5.17. The molecule has 0 aromatic heterocycles. The molecule has 0 amide bonds. The molecule has 78 valence electrons. The van der Waals surface area contributed by atoms with Crippen LogP contribution in [0.1, 0.15) is 40.0 Å². The molecule has 2 atom stereocenters. The van der Waals surface area contributed by atoms with Crippen LogP contribution in [0.2, 0.25) is 0 Å². The van der Waals surface area contributed by atoms with E-state index in [4.69, 9.17) is 9.47 Å². The number of hydrogen-bond donors (Lipinski definition) is 0. The summed E-state index contributed by atoms with van der Waals surface area (Å²) in [5.74, 6) is 0.753. The summed E-state index contributed by atoms with van der Waals surface area (Å²) < 4.78 is 10.5. The summed E-state index contributed by atoms with van der Waals surface area (Å²) in [4.78, 5) is 0. The Labute approximate surface area is 81.6 Å². The predicted octanol–water partition coefficient (Wildman–Crippen LogP) is 2.82. The smallest absolute Gasteiger partial charge is 0.146 e. The van der Waals surface area contributed by atoms with Gasteiger partial charge in [-0.15, -0.1) is 0 Å². The van der Waals surface area contributed by atoms with E-state index in [0.29, 0.717) is 18.3 Å². The Morgan fingerprint density at radius 3 is 2.62 bits per heavy atom. The highest BCUT2D eigenvalue weighted by Gasteiger charge is 2.33. The summed E-state index contributed by atoms with van der Waals surface area (Å²) in [7, 11) is 1.68. The van der Waals surface area contributed by atoms with Crippen LogP contribution in [0, 0.1) is 11.3 Å². The van der Waals surface area contributed by atoms with Crippen molar-refractivity contribution in [1.82, 2.24) is 0 Å². The summed E-state index contributed by atoms with van der Waals surface area (Å²) in [6.45, 7) is 7.47. The van der Waals surface area contributed by atoms with E-state index in [0.717, 1.165) is 5.92 Å². The first-order chi connectivity index (χ1) is 6.06. The molecule has 1 fully saturated rings. The van der Waals surface area contributed by atoms with E-state index < -0.39 is 0 Å². The van der Waals surface area contributed by atoms with Crippen LogP contribution in [0.15, 0.2) is 0 Å². The summed E-state index contributed by atoms with van der Waals surface area (Å²) >= 11 is 0. The Hall–Kier alpha value is -0.0800. The van der Waals surface area contributed by atoms with Gasteiger partial charge < -0.3 is 9.47 Å². The minimum absolute atomic E-state index is 0.419. The van der Waals surface area contributed by atoms with Gasteiger partial charge in [0.2, 0.25) is 0 Å². The quantitative estimate of drug-likeness (QED) is 0.631. The molecule has 1 aliphatic carbocycles. The second-order valence-corrected chi connectivity index (χ2v) is 4.86. The minimum atomic E-state index is 0.419. The number of ether oxygens (including phenoxy) is 2. The van der Waals surface area contributed by atoms with E-state index in [-0.39, 0.29) is 0 Å². The Morgan fingerprint density at radius 1 is 1.38 bits per heavy atom. The highest BCUT2D eigenvalue weighted by molar-refractivity contribution is 4.84. The molecule has 0 saturated heterocycles. The van der Waals surface area contributed by atoms with Crippen molar-refractivity contribution < 1.29 is 9.47 Å². The van der Waals surface area contributed by atoms with Gasteiger partial charge in [0, 0.05) is 7.11 Å². The molecule has 0 aromatic rings. The van der Waals surface area contributed by atoms with Crippen LogP contribution in [-0.4, -0.2) is 20.0 Å². The van der Waals surface area contributed by atoms with E-state index in [9.17, 15) is 0 Å². The Kier molecular flexibility index (Phi) is 3.74. The molecule has 1 rings (SSSR count). The molecule has 1 aliphatic rings. The molecule has 2 heteroatoms. The molecule has 13 heavy (non-hydrogen) atoms. The summed E-state index contributed by atoms with van der Waals surface area (Å²) in [6, 6.07) is 0. The van der Waals surface area contributed by atoms with Crippen molar-refractivity contribution in [2.45, 2.75) is 46.1 Å². The van der Waals surface area contributed by atoms with Gasteiger partial charge in [-0.3, -0.25) is 0 Å². The lowest BCUT2D eigenvalue weighted by molar-refractivity contribution is -0.101. The molecule has 2 nitrogen and oxygen atoms in total. The molecule has 0 heterocycles. The lowest BCUT2D eigenvalue weighted by atomic mass is 9.69. The van der Waals surface area contributed by atoms with Gasteiger partial charge in [-0.1, -0.05) is 20.8 Å². The standard InChI is InChI=1S/C11H22O2/c1-9-7-10(13-8-12-4)5-6-11(9,2)3/h9-10H,5-8H2,1-4H3/t9-,10?/m0/s1. The first kappa shape index (κ1) is 11.0. The maximum Gasteiger partial charge on any atom is 0.146 e. The second kappa shape index (κ2) is 4.43. The summed E-state index contributed by atoms with van der Waals surface area (Å²) in [5, 5.41) is 0. The van der Waals surface area contributed by atoms with Gasteiger partial charge in [-0.25, -0.2) is 0 Å². The largest absolute Gasteiger partial charge is 0.359 e. The molecule has 0 spiro atoms. The third kappa shape index (κ3) is 2.96. The van der Waals surface area contributed by atoms with Crippen LogP contribution >= 0.6 is 0 Å². The van der Waals surface area contributed by atoms with Crippen molar-refractivity contribution >= 4 is 0 Å². The third-order valence-electron chi connectivity index (χ3n) is 3.48. The number of methoxy groups -OCH3 is 1. The molecular weight excluding hydrogens is 164 g/mol. The van der Waals surface area contributed by atoms with Crippen LogP contribution in [0.25, 0.3) is 0 Å². The van der Waals surface area contributed by atoms with Gasteiger partial charge in [0.25, 0.3) is 0 Å². The van der Waals surface area contributed by atoms with Gasteiger partial charge >= 0.3 is 0 Å². The van der Waals surface area contributed by atoms with E-state index in [1.165, 1.54) is 19.3 Å². The van der Waals surface area contributed by atoms with Crippen molar-refractivity contribution in [1.29, 1.82) is 0 Å². The lowest BCUT2D eigenvalue weighted by Crippen LogP contribution is -2.34. The Bertz CT molecular complexity index is 154. The maximum atomic E-state index is 5.57. The average molecular weight is 186 g/mol. The van der Waals surface area contributed by atoms with Crippen molar-refractivity contribution in [3.8, 4) is 0 Å². The topological polar surface area (TPSA) is 18.5 Å². The Morgan fingerprint density at radius 2 is 2.08 bits per heavy atom. The van der Waals surface area contributed by atoms with Crippen LogP contribution in [0.3, 0.4) is 0 Å². The van der Waals surface area contributed by atoms with E-state index in [2.05, 4.69) is 20.8 Å². The number of hydrogen-bond acceptors (Lipinski definition) is 2. The SMILES string of the molecule is COCOC1CCC(C)(C)[C@@H](C)C1. The Balaban J connectivity index is 2.33. The van der Waals surface area contributed by atoms with Gasteiger partial charge in [0.05, 0.1) is 6.10 Å². The second-order valence-electron chi connectivity index (χ2n) is 4.86. The maximum absolute atomic E-state index is 5.57. The normalized spacial score (nSPS) is 33.2. The number of rotatable bonds is 3. The monoisotopic (exact) mass is 186 g/mol. The zero-order valence-corrected chi connectivity index (χ0v) is 9.30. The molecule has 1 unspecified atom stereocenters. The molecule has 0 N–H and O–H groups in total. The van der Waals surface area contributed by atoms with E-state index in [1.54, 1.807) is 7.11 Å². The van der Waals surface area contributed by atoms with Gasteiger partial charge in [-0.05, 0) is 30.6 Å². The zero-order chi connectivity index (χ0) is 9.90. The van der Waals surface area contributed by atoms with Gasteiger partial charge in [-0.2, -0.15) is 0 Å². The lowest BCUT2D eigenvalue weighted by Gasteiger charge is -2.40. The zero-order valence-electron chi connectivity index (χ0n) is 9.30. The van der Waals surface area contributed by atoms with Crippen molar-refractivity contribution in [2.24, 2.45) is 11.3 Å². The fourth-order valence-corrected chi connectivity index (χ4v) is 1.93. The van der Waals surface area contributed by atoms with Gasteiger partial charge in [0.15, 0.2) is 0 Å². The summed E-state index contributed by atoms with van der Waals surface area (Å²) in [5.41, 5.74) is 0.493. The van der Waals surface area contributed by atoms with E-state index >= 15 is 0 Å². The molecule has 1 saturated carbocycles. The average Bonchev–Trinajstić information content (AvgIpc) is 2.07. The van der Waals surface area contributed by atoms with Crippen molar-refractivity contribution in [3.63, 3.8) is 0 Å². The van der Waals surface area contributed by atoms with Crippen LogP contribution in [0.4, 0.5) is 0 Å². The summed E-state index contributed by atoms with van der Waals surface area (Å²) in [6.07, 6.45) is 4.04. The van der Waals surface area contributed by atoms with Crippen LogP contribution in [0.5, 0.6) is 0 Å². The molecule has 0 bridgehead atoms. The van der Waals surface area contributed by atoms with Crippen LogP contribution < -0.4 is 0 Å². The molecule has 0 radical (unpaired) electrons. The fourth-order valence-electron chi connectivity index (χ4n) is 1.93. The molecule has 0 aliphatic heterocycles. The van der Waals surface area contributed by atoms with E-state index in [1.807, 2.05) is 0 Å². The highest BCUT2D eigenvalue weighted by Crippen LogP contribution is 2.40. The van der Waals surface area contributed by atoms with Gasteiger partial charge in [0.1, 0.15) is 6.79 Å². The van der Waals surface area contributed by atoms with Crippen molar-refractivity contribution in [3.05, 3.63) is 0 Å².